The Morgan fingerprint density at radius 3 is 2.71 bits per heavy atom. The largest absolute Gasteiger partial charge is 0.366 e. The first-order valence-corrected chi connectivity index (χ1v) is 6.39. The predicted molar refractivity (Wildman–Crippen MR) is 64.6 cm³/mol. The lowest BCUT2D eigenvalue weighted by molar-refractivity contribution is 0.0902. The fourth-order valence-corrected chi connectivity index (χ4v) is 2.26. The number of carbonyl (C=O) groups is 1. The van der Waals surface area contributed by atoms with Crippen molar-refractivity contribution in [1.82, 2.24) is 0 Å². The number of hydrogen-bond acceptors (Lipinski definition) is 4. The van der Waals surface area contributed by atoms with Gasteiger partial charge in [0.15, 0.2) is 16.5 Å². The molecule has 1 aliphatic heterocycles. The van der Waals surface area contributed by atoms with Crippen molar-refractivity contribution in [3.63, 3.8) is 0 Å². The summed E-state index contributed by atoms with van der Waals surface area (Å²) < 4.78 is 25.1. The summed E-state index contributed by atoms with van der Waals surface area (Å²) in [6.45, 7) is 1.48. The van der Waals surface area contributed by atoms with Crippen LogP contribution in [0.25, 0.3) is 0 Å². The molecule has 0 spiro atoms. The Bertz CT molecular complexity index is 420. The maximum absolute atomic E-state index is 10.9. The second kappa shape index (κ2) is 5.39. The molecule has 1 saturated heterocycles. The lowest BCUT2D eigenvalue weighted by Gasteiger charge is -2.32. The third-order valence-corrected chi connectivity index (χ3v) is 3.39. The summed E-state index contributed by atoms with van der Waals surface area (Å²) in [5.41, 5.74) is 0.869. The molecular formula is C11H13NO4S. The van der Waals surface area contributed by atoms with Crippen molar-refractivity contribution in [3.8, 4) is 0 Å². The SMILES string of the molecule is O=Cc1ccc(N2CCO[C@@H](S(=O)O)C2)cc1. The molecule has 0 bridgehead atoms. The first kappa shape index (κ1) is 12.2. The van der Waals surface area contributed by atoms with Crippen LogP contribution in [0.4, 0.5) is 5.69 Å². The van der Waals surface area contributed by atoms with E-state index >= 15 is 0 Å². The number of carbonyl (C=O) groups excluding carboxylic acids is 1. The van der Waals surface area contributed by atoms with E-state index < -0.39 is 16.5 Å². The molecule has 0 amide bonds. The number of aldehydes is 1. The summed E-state index contributed by atoms with van der Waals surface area (Å²) in [4.78, 5) is 12.5. The van der Waals surface area contributed by atoms with Crippen molar-refractivity contribution in [2.45, 2.75) is 5.44 Å². The average molecular weight is 255 g/mol. The molecule has 1 heterocycles. The van der Waals surface area contributed by atoms with E-state index in [0.717, 1.165) is 12.0 Å². The van der Waals surface area contributed by atoms with E-state index in [9.17, 15) is 9.00 Å². The van der Waals surface area contributed by atoms with E-state index in [0.29, 0.717) is 25.3 Å². The van der Waals surface area contributed by atoms with E-state index in [4.69, 9.17) is 9.29 Å². The summed E-state index contributed by atoms with van der Waals surface area (Å²) in [6, 6.07) is 7.10. The normalized spacial score (nSPS) is 22.2. The van der Waals surface area contributed by atoms with Crippen molar-refractivity contribution < 1.29 is 18.3 Å². The van der Waals surface area contributed by atoms with Crippen LogP contribution >= 0.6 is 0 Å². The van der Waals surface area contributed by atoms with Crippen LogP contribution in [0.2, 0.25) is 0 Å². The van der Waals surface area contributed by atoms with Crippen LogP contribution < -0.4 is 4.90 Å². The van der Waals surface area contributed by atoms with Crippen molar-refractivity contribution in [2.24, 2.45) is 0 Å². The highest BCUT2D eigenvalue weighted by Crippen LogP contribution is 2.18. The lowest BCUT2D eigenvalue weighted by Crippen LogP contribution is -2.44. The number of anilines is 1. The van der Waals surface area contributed by atoms with Crippen LogP contribution in [0.5, 0.6) is 0 Å². The van der Waals surface area contributed by atoms with E-state index in [1.54, 1.807) is 12.1 Å². The maximum Gasteiger partial charge on any atom is 0.184 e. The molecule has 0 saturated carbocycles. The molecule has 1 aromatic carbocycles. The van der Waals surface area contributed by atoms with E-state index in [-0.39, 0.29) is 0 Å². The summed E-state index contributed by atoms with van der Waals surface area (Å²) in [7, 11) is 0. The van der Waals surface area contributed by atoms with Crippen LogP contribution in [0.3, 0.4) is 0 Å². The molecule has 1 aromatic rings. The lowest BCUT2D eigenvalue weighted by atomic mass is 10.2. The molecule has 17 heavy (non-hydrogen) atoms. The van der Waals surface area contributed by atoms with Crippen molar-refractivity contribution >= 4 is 23.1 Å². The standard InChI is InChI=1S/C11H13NO4S/c13-8-9-1-3-10(4-2-9)12-5-6-16-11(7-12)17(14)15/h1-4,8,11H,5-7H2,(H,14,15)/t11-/m0/s1. The van der Waals surface area contributed by atoms with Gasteiger partial charge in [-0.2, -0.15) is 0 Å². The molecule has 5 nitrogen and oxygen atoms in total. The second-order valence-electron chi connectivity index (χ2n) is 3.73. The zero-order chi connectivity index (χ0) is 12.3. The van der Waals surface area contributed by atoms with Crippen LogP contribution in [-0.2, 0) is 15.8 Å². The van der Waals surface area contributed by atoms with Crippen molar-refractivity contribution in [2.75, 3.05) is 24.6 Å². The van der Waals surface area contributed by atoms with Gasteiger partial charge in [0.25, 0.3) is 0 Å². The Morgan fingerprint density at radius 2 is 2.12 bits per heavy atom. The first-order valence-electron chi connectivity index (χ1n) is 5.22. The number of morpholine rings is 1. The molecule has 2 rings (SSSR count). The highest BCUT2D eigenvalue weighted by Gasteiger charge is 2.24. The fraction of sp³-hybridized carbons (Fsp3) is 0.364. The Kier molecular flexibility index (Phi) is 3.88. The summed E-state index contributed by atoms with van der Waals surface area (Å²) >= 11 is -1.97. The molecule has 2 atom stereocenters. The molecule has 1 fully saturated rings. The maximum atomic E-state index is 10.9. The number of ether oxygens (including phenoxy) is 1. The van der Waals surface area contributed by atoms with E-state index in [1.807, 2.05) is 17.0 Å². The first-order chi connectivity index (χ1) is 8.20. The van der Waals surface area contributed by atoms with Crippen molar-refractivity contribution in [1.29, 1.82) is 0 Å². The number of rotatable bonds is 3. The van der Waals surface area contributed by atoms with Gasteiger partial charge in [-0.1, -0.05) is 0 Å². The summed E-state index contributed by atoms with van der Waals surface area (Å²) in [5.74, 6) is 0. The molecular weight excluding hydrogens is 242 g/mol. The van der Waals surface area contributed by atoms with Gasteiger partial charge in [0.2, 0.25) is 0 Å². The van der Waals surface area contributed by atoms with Gasteiger partial charge in [0.1, 0.15) is 6.29 Å². The highest BCUT2D eigenvalue weighted by atomic mass is 32.2. The minimum absolute atomic E-state index is 0.379. The minimum atomic E-state index is -1.97. The fourth-order valence-electron chi connectivity index (χ4n) is 1.74. The summed E-state index contributed by atoms with van der Waals surface area (Å²) in [5, 5.41) is 0. The molecule has 0 radical (unpaired) electrons. The summed E-state index contributed by atoms with van der Waals surface area (Å²) in [6.07, 6.45) is 0.786. The number of nitrogens with zero attached hydrogens (tertiary/aromatic N) is 1. The quantitative estimate of drug-likeness (QED) is 0.641. The van der Waals surface area contributed by atoms with Gasteiger partial charge >= 0.3 is 0 Å². The monoisotopic (exact) mass is 255 g/mol. The molecule has 1 unspecified atom stereocenters. The zero-order valence-corrected chi connectivity index (χ0v) is 9.93. The predicted octanol–water partition coefficient (Wildman–Crippen LogP) is 0.883. The molecule has 92 valence electrons. The second-order valence-corrected chi connectivity index (χ2v) is 4.81. The minimum Gasteiger partial charge on any atom is -0.366 e. The van der Waals surface area contributed by atoms with Gasteiger partial charge in [-0.25, -0.2) is 4.21 Å². The van der Waals surface area contributed by atoms with Gasteiger partial charge < -0.3 is 14.2 Å². The van der Waals surface area contributed by atoms with Gasteiger partial charge in [0.05, 0.1) is 13.2 Å². The third kappa shape index (κ3) is 2.91. The van der Waals surface area contributed by atoms with Crippen LogP contribution in [-0.4, -0.2) is 40.2 Å². The van der Waals surface area contributed by atoms with Crippen LogP contribution in [0.15, 0.2) is 24.3 Å². The number of benzene rings is 1. The topological polar surface area (TPSA) is 66.8 Å². The average Bonchev–Trinajstić information content (AvgIpc) is 2.39. The van der Waals surface area contributed by atoms with Crippen molar-refractivity contribution in [3.05, 3.63) is 29.8 Å². The molecule has 1 N–H and O–H groups in total. The Hall–Kier alpha value is -1.24. The van der Waals surface area contributed by atoms with E-state index in [1.165, 1.54) is 0 Å². The van der Waals surface area contributed by atoms with Gasteiger partial charge in [-0.15, -0.1) is 0 Å². The Morgan fingerprint density at radius 1 is 1.41 bits per heavy atom. The van der Waals surface area contributed by atoms with Crippen LogP contribution in [0.1, 0.15) is 10.4 Å². The molecule has 1 aliphatic rings. The van der Waals surface area contributed by atoms with Crippen LogP contribution in [0, 0.1) is 0 Å². The third-order valence-electron chi connectivity index (χ3n) is 2.65. The molecule has 0 aromatic heterocycles. The zero-order valence-electron chi connectivity index (χ0n) is 9.11. The number of hydrogen-bond donors (Lipinski definition) is 1. The van der Waals surface area contributed by atoms with Gasteiger partial charge in [0, 0.05) is 17.8 Å². The smallest absolute Gasteiger partial charge is 0.184 e. The molecule has 6 heteroatoms. The van der Waals surface area contributed by atoms with Gasteiger partial charge in [-0.3, -0.25) is 4.79 Å². The van der Waals surface area contributed by atoms with Gasteiger partial charge in [-0.05, 0) is 24.3 Å². The van der Waals surface area contributed by atoms with E-state index in [2.05, 4.69) is 0 Å². The molecule has 0 aliphatic carbocycles. The highest BCUT2D eigenvalue weighted by molar-refractivity contribution is 7.79. The Labute approximate surface area is 102 Å². The Balaban J connectivity index is 2.10.